The molecule has 3 N–H and O–H groups in total. The molecule has 0 aromatic heterocycles. The molecule has 1 aromatic carbocycles. The quantitative estimate of drug-likeness (QED) is 0.406. The lowest BCUT2D eigenvalue weighted by atomic mass is 9.72. The molecule has 4 aliphatic heterocycles. The predicted molar refractivity (Wildman–Crippen MR) is 167 cm³/mol. The van der Waals surface area contributed by atoms with Crippen molar-refractivity contribution >= 4 is 35.3 Å². The summed E-state index contributed by atoms with van der Waals surface area (Å²) in [4.78, 5) is 41.0. The van der Waals surface area contributed by atoms with Crippen LogP contribution in [0.1, 0.15) is 52.5 Å². The standard InChI is InChI=1S/C32H44ClN3O9/c1-18-10-9-11-23(42-8)32(40)16-25(44-29(39)35-32)31(4)17-30(3,45-31)24(43-28(38)19(2)34-5)15-26(37)36(6)21-13-20(12-18)14-22(41-7)27(21)33/h9-11,13-14,19,23-25,34,40H,12,15-17H2,1-8H3,(H,35,39). The molecule has 6 bridgehead atoms. The number of nitrogens with zero attached hydrogens (tertiary/aromatic N) is 1. The zero-order valence-corrected chi connectivity index (χ0v) is 27.8. The van der Waals surface area contributed by atoms with Crippen molar-refractivity contribution in [3.63, 3.8) is 0 Å². The molecule has 7 atom stereocenters. The molecule has 248 valence electrons. The molecular formula is C32H44ClN3O9. The topological polar surface area (TPSA) is 145 Å². The summed E-state index contributed by atoms with van der Waals surface area (Å²) in [5, 5.41) is 17.2. The SMILES string of the molecule is CNC(C)C(=O)OC1CC(=O)N(C)c2cc(cc(OC)c2Cl)CC(C)=CC=CC(OC)C2(O)CC(OC(=O)N2)C2(C)CC1(C)O2. The van der Waals surface area contributed by atoms with Gasteiger partial charge < -0.3 is 39.0 Å². The highest BCUT2D eigenvalue weighted by Gasteiger charge is 2.63. The second-order valence-corrected chi connectivity index (χ2v) is 12.9. The van der Waals surface area contributed by atoms with Crippen LogP contribution in [0.3, 0.4) is 0 Å². The van der Waals surface area contributed by atoms with Crippen LogP contribution in [-0.2, 0) is 35.0 Å². The Balaban J connectivity index is 1.80. The highest BCUT2D eigenvalue weighted by Crippen LogP contribution is 2.50. The number of rotatable bonds is 5. The van der Waals surface area contributed by atoms with E-state index < -0.39 is 53.3 Å². The van der Waals surface area contributed by atoms with E-state index in [2.05, 4.69) is 10.6 Å². The van der Waals surface area contributed by atoms with Crippen molar-refractivity contribution < 1.29 is 43.2 Å². The third-order valence-electron chi connectivity index (χ3n) is 8.91. The average Bonchev–Trinajstić information content (AvgIpc) is 2.96. The molecule has 0 aliphatic carbocycles. The zero-order valence-electron chi connectivity index (χ0n) is 27.1. The van der Waals surface area contributed by atoms with E-state index in [-0.39, 0.29) is 30.2 Å². The van der Waals surface area contributed by atoms with Gasteiger partial charge in [0.05, 0.1) is 19.2 Å². The first-order valence-electron chi connectivity index (χ1n) is 14.9. The van der Waals surface area contributed by atoms with Crippen molar-refractivity contribution in [1.82, 2.24) is 10.6 Å². The summed E-state index contributed by atoms with van der Waals surface area (Å²) in [5.41, 5.74) is -1.78. The second-order valence-electron chi connectivity index (χ2n) is 12.5. The molecule has 45 heavy (non-hydrogen) atoms. The number of hydrogen-bond acceptors (Lipinski definition) is 10. The van der Waals surface area contributed by atoms with Gasteiger partial charge in [-0.2, -0.15) is 0 Å². The fraction of sp³-hybridized carbons (Fsp3) is 0.594. The predicted octanol–water partition coefficient (Wildman–Crippen LogP) is 3.42. The lowest BCUT2D eigenvalue weighted by molar-refractivity contribution is -0.328. The summed E-state index contributed by atoms with van der Waals surface area (Å²) in [5.74, 6) is -0.530. The molecule has 13 heteroatoms. The van der Waals surface area contributed by atoms with Gasteiger partial charge in [-0.15, -0.1) is 0 Å². The van der Waals surface area contributed by atoms with Crippen LogP contribution in [0.25, 0.3) is 0 Å². The minimum Gasteiger partial charge on any atom is -0.495 e. The number of likely N-dealkylation sites (N-methyl/N-ethyl adjacent to an activating group) is 1. The Labute approximate surface area is 269 Å². The molecule has 0 spiro atoms. The molecule has 2 amide bonds. The van der Waals surface area contributed by atoms with Crippen molar-refractivity contribution in [3.8, 4) is 5.75 Å². The van der Waals surface area contributed by atoms with Crippen LogP contribution in [0.4, 0.5) is 10.5 Å². The molecule has 0 radical (unpaired) electrons. The summed E-state index contributed by atoms with van der Waals surface area (Å²) in [6.07, 6.45) is 2.11. The summed E-state index contributed by atoms with van der Waals surface area (Å²) in [6.45, 7) is 7.08. The molecule has 2 fully saturated rings. The van der Waals surface area contributed by atoms with Crippen molar-refractivity contribution in [1.29, 1.82) is 0 Å². The van der Waals surface area contributed by atoms with E-state index in [0.29, 0.717) is 17.9 Å². The number of carbonyl (C=O) groups excluding carboxylic acids is 3. The van der Waals surface area contributed by atoms with Gasteiger partial charge in [-0.05, 0) is 58.9 Å². The van der Waals surface area contributed by atoms with Gasteiger partial charge in [0.2, 0.25) is 5.91 Å². The smallest absolute Gasteiger partial charge is 0.409 e. The van der Waals surface area contributed by atoms with Crippen LogP contribution in [0.5, 0.6) is 5.75 Å². The number of esters is 1. The Morgan fingerprint density at radius 2 is 1.93 bits per heavy atom. The van der Waals surface area contributed by atoms with Crippen LogP contribution in [-0.4, -0.2) is 92.7 Å². The third-order valence-corrected chi connectivity index (χ3v) is 9.29. The Bertz CT molecular complexity index is 1380. The number of alkyl carbamates (subject to hydrolysis) is 1. The molecule has 5 rings (SSSR count). The van der Waals surface area contributed by atoms with Gasteiger partial charge in [-0.3, -0.25) is 14.9 Å². The number of benzene rings is 1. The van der Waals surface area contributed by atoms with Gasteiger partial charge >= 0.3 is 12.1 Å². The van der Waals surface area contributed by atoms with Crippen molar-refractivity contribution in [2.24, 2.45) is 0 Å². The van der Waals surface area contributed by atoms with Crippen LogP contribution in [0, 0.1) is 0 Å². The minimum absolute atomic E-state index is 0.0517. The largest absolute Gasteiger partial charge is 0.495 e. The highest BCUT2D eigenvalue weighted by molar-refractivity contribution is 6.35. The maximum absolute atomic E-state index is 13.8. The monoisotopic (exact) mass is 649 g/mol. The first-order chi connectivity index (χ1) is 21.1. The third kappa shape index (κ3) is 7.15. The Kier molecular flexibility index (Phi) is 10.3. The van der Waals surface area contributed by atoms with Gasteiger partial charge in [0.25, 0.3) is 0 Å². The molecule has 4 heterocycles. The van der Waals surface area contributed by atoms with E-state index in [1.807, 2.05) is 19.1 Å². The summed E-state index contributed by atoms with van der Waals surface area (Å²) in [6, 6.07) is 2.98. The number of aliphatic hydroxyl groups is 1. The van der Waals surface area contributed by atoms with Crippen molar-refractivity contribution in [3.05, 3.63) is 46.5 Å². The number of halogens is 1. The molecule has 1 aromatic rings. The van der Waals surface area contributed by atoms with Gasteiger partial charge in [0, 0.05) is 27.0 Å². The van der Waals surface area contributed by atoms with E-state index >= 15 is 0 Å². The van der Waals surface area contributed by atoms with E-state index in [9.17, 15) is 19.5 Å². The number of ether oxygens (including phenoxy) is 5. The van der Waals surface area contributed by atoms with Crippen LogP contribution < -0.4 is 20.3 Å². The number of anilines is 1. The van der Waals surface area contributed by atoms with Gasteiger partial charge in [0.1, 0.15) is 46.3 Å². The van der Waals surface area contributed by atoms with Gasteiger partial charge in [-0.1, -0.05) is 35.4 Å². The molecule has 12 nitrogen and oxygen atoms in total. The van der Waals surface area contributed by atoms with Crippen molar-refractivity contribution in [2.45, 2.75) is 94.7 Å². The Morgan fingerprint density at radius 1 is 1.24 bits per heavy atom. The summed E-state index contributed by atoms with van der Waals surface area (Å²) >= 11 is 6.69. The molecule has 2 saturated heterocycles. The second kappa shape index (κ2) is 13.3. The van der Waals surface area contributed by atoms with Crippen LogP contribution in [0.15, 0.2) is 35.9 Å². The minimum atomic E-state index is -1.81. The molecule has 0 saturated carbocycles. The zero-order chi connectivity index (χ0) is 33.3. The maximum atomic E-state index is 13.8. The first kappa shape index (κ1) is 34.7. The first-order valence-corrected chi connectivity index (χ1v) is 15.2. The maximum Gasteiger partial charge on any atom is 0.409 e. The summed E-state index contributed by atoms with van der Waals surface area (Å²) in [7, 11) is 6.17. The fourth-order valence-electron chi connectivity index (χ4n) is 6.26. The molecule has 7 unspecified atom stereocenters. The number of allylic oxidation sites excluding steroid dienone is 3. The lowest BCUT2D eigenvalue weighted by Gasteiger charge is -2.59. The van der Waals surface area contributed by atoms with Gasteiger partial charge in [0.15, 0.2) is 5.72 Å². The van der Waals surface area contributed by atoms with E-state index in [1.165, 1.54) is 19.1 Å². The molecular weight excluding hydrogens is 606 g/mol. The number of amides is 2. The Morgan fingerprint density at radius 3 is 2.56 bits per heavy atom. The molecule has 4 aliphatic rings. The van der Waals surface area contributed by atoms with E-state index in [0.717, 1.165) is 11.1 Å². The fourth-order valence-corrected chi connectivity index (χ4v) is 6.57. The van der Waals surface area contributed by atoms with E-state index in [4.69, 9.17) is 35.3 Å². The van der Waals surface area contributed by atoms with Crippen molar-refractivity contribution in [2.75, 3.05) is 33.2 Å². The van der Waals surface area contributed by atoms with Gasteiger partial charge in [-0.25, -0.2) is 4.79 Å². The van der Waals surface area contributed by atoms with Crippen LogP contribution >= 0.6 is 11.6 Å². The summed E-state index contributed by atoms with van der Waals surface area (Å²) < 4.78 is 29.1. The number of methoxy groups -OCH3 is 2. The number of hydrogen-bond donors (Lipinski definition) is 3. The number of nitrogens with one attached hydrogen (secondary N) is 2. The lowest BCUT2D eigenvalue weighted by Crippen LogP contribution is -2.72. The Hall–Kier alpha value is -3.16. The number of carbonyl (C=O) groups is 3. The number of fused-ring (bicyclic) bond motifs is 6. The van der Waals surface area contributed by atoms with Crippen LogP contribution in [0.2, 0.25) is 5.02 Å². The van der Waals surface area contributed by atoms with E-state index in [1.54, 1.807) is 53.1 Å². The normalized spacial score (nSPS) is 32.9. The average molecular weight is 650 g/mol. The highest BCUT2D eigenvalue weighted by atomic mass is 35.5.